The van der Waals surface area contributed by atoms with Crippen molar-refractivity contribution in [1.82, 2.24) is 10.3 Å². The maximum Gasteiger partial charge on any atom is 0.417 e. The van der Waals surface area contributed by atoms with E-state index in [4.69, 9.17) is 10.2 Å². The molecule has 2 aliphatic rings. The number of likely N-dealkylation sites (tertiary alicyclic amines) is 1. The second-order valence-electron chi connectivity index (χ2n) is 8.25. The highest BCUT2D eigenvalue weighted by atomic mass is 79.9. The zero-order valence-electron chi connectivity index (χ0n) is 16.8. The van der Waals surface area contributed by atoms with Gasteiger partial charge in [-0.25, -0.2) is 9.59 Å². The van der Waals surface area contributed by atoms with Crippen molar-refractivity contribution < 1.29 is 18.5 Å². The van der Waals surface area contributed by atoms with Gasteiger partial charge in [0.05, 0.1) is 31.1 Å². The van der Waals surface area contributed by atoms with Gasteiger partial charge in [-0.05, 0) is 53.2 Å². The molecule has 161 valence electrons. The summed E-state index contributed by atoms with van der Waals surface area (Å²) >= 11 is 3.44. The molecule has 1 radical (unpaired) electrons. The number of nitrogens with zero attached hydrogens (tertiary/aromatic N) is 1. The average Bonchev–Trinajstić information content (AvgIpc) is 3.12. The normalized spacial score (nSPS) is 19.8. The van der Waals surface area contributed by atoms with E-state index in [0.717, 1.165) is 51.9 Å². The minimum atomic E-state index is -0.675. The number of nitrogens with one attached hydrogen (secondary N) is 2. The van der Waals surface area contributed by atoms with Crippen molar-refractivity contribution >= 4 is 38.8 Å². The summed E-state index contributed by atoms with van der Waals surface area (Å²) in [6.45, 7) is 3.68. The highest BCUT2D eigenvalue weighted by Crippen LogP contribution is 2.32. The molecule has 9 heteroatoms. The van der Waals surface area contributed by atoms with Crippen molar-refractivity contribution in [2.45, 2.75) is 44.6 Å². The number of benzene rings is 1. The SMILES string of the molecule is NC(=O)c1c(Br)c(C[CH]C(=O)[N+]2(C3CCNCC3)CCCCC2)cc2oc(=O)[nH]c12. The van der Waals surface area contributed by atoms with Crippen molar-refractivity contribution in [2.24, 2.45) is 5.73 Å². The van der Waals surface area contributed by atoms with Crippen molar-refractivity contribution in [3.05, 3.63) is 38.6 Å². The van der Waals surface area contributed by atoms with E-state index >= 15 is 0 Å². The van der Waals surface area contributed by atoms with Crippen LogP contribution in [0.3, 0.4) is 0 Å². The Morgan fingerprint density at radius 2 is 1.93 bits per heavy atom. The highest BCUT2D eigenvalue weighted by Gasteiger charge is 2.44. The van der Waals surface area contributed by atoms with Gasteiger partial charge in [-0.1, -0.05) is 0 Å². The van der Waals surface area contributed by atoms with Crippen LogP contribution in [0.15, 0.2) is 19.8 Å². The van der Waals surface area contributed by atoms with Gasteiger partial charge >= 0.3 is 11.7 Å². The number of nitrogens with two attached hydrogens (primary N) is 1. The third kappa shape index (κ3) is 3.86. The number of amides is 2. The third-order valence-electron chi connectivity index (χ3n) is 6.54. The van der Waals surface area contributed by atoms with Gasteiger partial charge in [-0.15, -0.1) is 0 Å². The van der Waals surface area contributed by atoms with Crippen molar-refractivity contribution in [1.29, 1.82) is 0 Å². The van der Waals surface area contributed by atoms with Crippen LogP contribution in [-0.2, 0) is 11.2 Å². The van der Waals surface area contributed by atoms with Gasteiger partial charge in [0, 0.05) is 30.4 Å². The lowest BCUT2D eigenvalue weighted by atomic mass is 9.94. The number of quaternary nitrogens is 1. The van der Waals surface area contributed by atoms with Gasteiger partial charge in [-0.2, -0.15) is 0 Å². The number of aromatic amines is 1. The number of primary amides is 1. The zero-order chi connectivity index (χ0) is 21.3. The highest BCUT2D eigenvalue weighted by molar-refractivity contribution is 9.10. The number of hydrogen-bond donors (Lipinski definition) is 3. The van der Waals surface area contributed by atoms with Crippen LogP contribution in [0.5, 0.6) is 0 Å². The fraction of sp³-hybridized carbons (Fsp3) is 0.524. The molecule has 8 nitrogen and oxygen atoms in total. The number of aromatic nitrogens is 1. The van der Waals surface area contributed by atoms with Gasteiger partial charge in [0.1, 0.15) is 5.52 Å². The van der Waals surface area contributed by atoms with Crippen LogP contribution in [0.4, 0.5) is 0 Å². The number of carbonyl (C=O) groups is 2. The largest absolute Gasteiger partial charge is 0.417 e. The first kappa shape index (κ1) is 21.3. The van der Waals surface area contributed by atoms with E-state index in [-0.39, 0.29) is 22.6 Å². The number of piperidine rings is 2. The Morgan fingerprint density at radius 1 is 1.23 bits per heavy atom. The van der Waals surface area contributed by atoms with E-state index in [0.29, 0.717) is 27.0 Å². The van der Waals surface area contributed by atoms with Gasteiger partial charge in [0.2, 0.25) is 0 Å². The number of fused-ring (bicyclic) bond motifs is 1. The number of halogens is 1. The first-order valence-electron chi connectivity index (χ1n) is 10.5. The monoisotopic (exact) mass is 478 g/mol. The van der Waals surface area contributed by atoms with Crippen LogP contribution < -0.4 is 16.8 Å². The van der Waals surface area contributed by atoms with Gasteiger partial charge in [0.15, 0.2) is 5.58 Å². The first-order valence-corrected chi connectivity index (χ1v) is 11.3. The lowest BCUT2D eigenvalue weighted by Crippen LogP contribution is -2.63. The maximum absolute atomic E-state index is 13.5. The Bertz CT molecular complexity index is 1020. The maximum atomic E-state index is 13.5. The Morgan fingerprint density at radius 3 is 2.60 bits per heavy atom. The summed E-state index contributed by atoms with van der Waals surface area (Å²) in [6.07, 6.45) is 7.39. The number of carbonyl (C=O) groups excluding carboxylic acids is 2. The van der Waals surface area contributed by atoms with Gasteiger partial charge < -0.3 is 15.5 Å². The van der Waals surface area contributed by atoms with Crippen LogP contribution in [0.25, 0.3) is 11.1 Å². The number of rotatable bonds is 5. The lowest BCUT2D eigenvalue weighted by molar-refractivity contribution is -0.884. The van der Waals surface area contributed by atoms with Crippen molar-refractivity contribution in [2.75, 3.05) is 26.2 Å². The molecular formula is C21H27BrN4O4+. The Kier molecular flexibility index (Phi) is 6.13. The van der Waals surface area contributed by atoms with E-state index in [1.54, 1.807) is 12.5 Å². The molecule has 0 bridgehead atoms. The summed E-state index contributed by atoms with van der Waals surface area (Å²) in [6, 6.07) is 2.03. The fourth-order valence-corrected chi connectivity index (χ4v) is 5.69. The van der Waals surface area contributed by atoms with Gasteiger partial charge in [0.25, 0.3) is 5.91 Å². The van der Waals surface area contributed by atoms with Crippen LogP contribution in [0.1, 0.15) is 48.0 Å². The number of H-pyrrole nitrogens is 1. The average molecular weight is 479 g/mol. The molecule has 0 unspecified atom stereocenters. The van der Waals surface area contributed by atoms with Crippen LogP contribution in [-0.4, -0.2) is 53.5 Å². The Balaban J connectivity index is 1.60. The molecule has 4 rings (SSSR count). The fourth-order valence-electron chi connectivity index (χ4n) is 5.02. The number of oxazole rings is 1. The third-order valence-corrected chi connectivity index (χ3v) is 7.44. The second-order valence-corrected chi connectivity index (χ2v) is 9.04. The summed E-state index contributed by atoms with van der Waals surface area (Å²) in [5, 5.41) is 3.39. The van der Waals surface area contributed by atoms with Crippen LogP contribution in [0, 0.1) is 6.42 Å². The molecule has 0 saturated carbocycles. The molecule has 3 heterocycles. The summed E-state index contributed by atoms with van der Waals surface area (Å²) in [5.41, 5.74) is 6.91. The molecule has 4 N–H and O–H groups in total. The molecule has 1 aromatic heterocycles. The molecule has 0 spiro atoms. The topological polar surface area (TPSA) is 118 Å². The standard InChI is InChI=1S/C21H26BrN4O4/c22-18-13(12-15-19(17(18)20(23)28)25-21(29)30-15)4-5-16(27)26(10-2-1-3-11-26)14-6-8-24-9-7-14/h5,12,14,24H,1-4,6-11H2,(H2-,23,25,28,29)/p+1. The predicted molar refractivity (Wildman–Crippen MR) is 116 cm³/mol. The smallest absolute Gasteiger partial charge is 0.408 e. The molecule has 2 aliphatic heterocycles. The molecule has 2 aromatic rings. The molecule has 2 fully saturated rings. The molecule has 2 saturated heterocycles. The summed E-state index contributed by atoms with van der Waals surface area (Å²) < 4.78 is 6.16. The lowest BCUT2D eigenvalue weighted by Gasteiger charge is -2.46. The summed E-state index contributed by atoms with van der Waals surface area (Å²) in [5.74, 6) is -1.18. The number of hydrogen-bond acceptors (Lipinski definition) is 5. The minimum Gasteiger partial charge on any atom is -0.408 e. The zero-order valence-corrected chi connectivity index (χ0v) is 18.4. The van der Waals surface area contributed by atoms with Gasteiger partial charge in [-0.3, -0.25) is 14.3 Å². The summed E-state index contributed by atoms with van der Waals surface area (Å²) in [4.78, 5) is 39.6. The molecular weight excluding hydrogens is 452 g/mol. The predicted octanol–water partition coefficient (Wildman–Crippen LogP) is 2.01. The van der Waals surface area contributed by atoms with E-state index in [1.807, 2.05) is 0 Å². The van der Waals surface area contributed by atoms with E-state index in [9.17, 15) is 14.4 Å². The Labute approximate surface area is 182 Å². The van der Waals surface area contributed by atoms with Crippen LogP contribution >= 0.6 is 15.9 Å². The molecule has 0 aliphatic carbocycles. The molecule has 30 heavy (non-hydrogen) atoms. The molecule has 2 amide bonds. The van der Waals surface area contributed by atoms with Crippen molar-refractivity contribution in [3.8, 4) is 0 Å². The first-order chi connectivity index (χ1) is 14.4. The minimum absolute atomic E-state index is 0.143. The van der Waals surface area contributed by atoms with Crippen molar-refractivity contribution in [3.63, 3.8) is 0 Å². The summed E-state index contributed by atoms with van der Waals surface area (Å²) in [7, 11) is 0. The second kappa shape index (κ2) is 8.64. The van der Waals surface area contributed by atoms with Crippen LogP contribution in [0.2, 0.25) is 0 Å². The van der Waals surface area contributed by atoms with E-state index in [1.165, 1.54) is 6.42 Å². The molecule has 1 aromatic carbocycles. The Hall–Kier alpha value is -1.97. The van der Waals surface area contributed by atoms with E-state index < -0.39 is 11.7 Å². The molecule has 0 atom stereocenters. The van der Waals surface area contributed by atoms with E-state index in [2.05, 4.69) is 26.2 Å². The quantitative estimate of drug-likeness (QED) is 0.567.